The molecule has 0 unspecified atom stereocenters. The number of aromatic hydroxyl groups is 1. The summed E-state index contributed by atoms with van der Waals surface area (Å²) in [6, 6.07) is 7.74. The molecule has 0 heterocycles. The molecule has 3 heteroatoms. The Balaban J connectivity index is 2.72. The first-order valence-corrected chi connectivity index (χ1v) is 11.6. The van der Waals surface area contributed by atoms with Crippen molar-refractivity contribution in [1.82, 2.24) is 0 Å². The Bertz CT molecular complexity index is 877. The van der Waals surface area contributed by atoms with Crippen molar-refractivity contribution in [3.8, 4) is 5.75 Å². The molecule has 0 aliphatic heterocycles. The highest BCUT2D eigenvalue weighted by atomic mass is 16.4. The van der Waals surface area contributed by atoms with Gasteiger partial charge in [0.2, 0.25) is 0 Å². The van der Waals surface area contributed by atoms with Crippen LogP contribution in [0.5, 0.6) is 5.75 Å². The molecule has 2 N–H and O–H groups in total. The van der Waals surface area contributed by atoms with E-state index in [0.29, 0.717) is 5.39 Å². The Morgan fingerprint density at radius 2 is 1.40 bits per heavy atom. The van der Waals surface area contributed by atoms with Crippen LogP contribution in [0.2, 0.25) is 0 Å². The van der Waals surface area contributed by atoms with Crippen LogP contribution < -0.4 is 0 Å². The highest BCUT2D eigenvalue weighted by Crippen LogP contribution is 2.41. The molecule has 2 rings (SSSR count). The van der Waals surface area contributed by atoms with E-state index in [4.69, 9.17) is 0 Å². The third-order valence-corrected chi connectivity index (χ3v) is 6.65. The van der Waals surface area contributed by atoms with E-state index in [2.05, 4.69) is 47.6 Å². The van der Waals surface area contributed by atoms with E-state index >= 15 is 0 Å². The Labute approximate surface area is 182 Å². The fourth-order valence-electron chi connectivity index (χ4n) is 4.51. The second-order valence-corrected chi connectivity index (χ2v) is 10.1. The Morgan fingerprint density at radius 1 is 0.833 bits per heavy atom. The predicted molar refractivity (Wildman–Crippen MR) is 127 cm³/mol. The molecular weight excluding hydrogens is 372 g/mol. The van der Waals surface area contributed by atoms with Gasteiger partial charge in [-0.1, -0.05) is 92.2 Å². The first-order chi connectivity index (χ1) is 14.0. The van der Waals surface area contributed by atoms with Crippen molar-refractivity contribution >= 4 is 16.7 Å². The van der Waals surface area contributed by atoms with Gasteiger partial charge in [0.15, 0.2) is 0 Å². The minimum Gasteiger partial charge on any atom is -0.507 e. The summed E-state index contributed by atoms with van der Waals surface area (Å²) in [6.45, 7) is 13.4. The van der Waals surface area contributed by atoms with Crippen LogP contribution in [0.1, 0.15) is 114 Å². The highest BCUT2D eigenvalue weighted by Gasteiger charge is 2.29. The highest BCUT2D eigenvalue weighted by molar-refractivity contribution is 6.07. The molecule has 0 amide bonds. The van der Waals surface area contributed by atoms with E-state index < -0.39 is 5.97 Å². The summed E-state index contributed by atoms with van der Waals surface area (Å²) in [5.74, 6) is -1.24. The average Bonchev–Trinajstić information content (AvgIpc) is 2.66. The molecule has 0 saturated heterocycles. The van der Waals surface area contributed by atoms with Gasteiger partial charge in [-0.05, 0) is 52.3 Å². The van der Waals surface area contributed by atoms with Gasteiger partial charge in [0.25, 0.3) is 0 Å². The van der Waals surface area contributed by atoms with Crippen LogP contribution in [-0.2, 0) is 10.8 Å². The lowest BCUT2D eigenvalue weighted by Gasteiger charge is -2.32. The van der Waals surface area contributed by atoms with Crippen molar-refractivity contribution in [3.63, 3.8) is 0 Å². The average molecular weight is 413 g/mol. The maximum absolute atomic E-state index is 12.0. The van der Waals surface area contributed by atoms with Crippen molar-refractivity contribution in [3.05, 3.63) is 41.0 Å². The first kappa shape index (κ1) is 24.2. The van der Waals surface area contributed by atoms with Gasteiger partial charge in [-0.2, -0.15) is 0 Å². The summed E-state index contributed by atoms with van der Waals surface area (Å²) in [5, 5.41) is 21.8. The van der Waals surface area contributed by atoms with E-state index in [1.165, 1.54) is 37.3 Å². The number of hydrogen-bond acceptors (Lipinski definition) is 2. The maximum Gasteiger partial charge on any atom is 0.340 e. The first-order valence-electron chi connectivity index (χ1n) is 11.6. The van der Waals surface area contributed by atoms with Gasteiger partial charge in [0.05, 0.1) is 0 Å². The second kappa shape index (κ2) is 9.85. The van der Waals surface area contributed by atoms with Gasteiger partial charge >= 0.3 is 5.97 Å². The van der Waals surface area contributed by atoms with Crippen LogP contribution >= 0.6 is 0 Å². The molecule has 0 atom stereocenters. The van der Waals surface area contributed by atoms with Crippen molar-refractivity contribution in [2.75, 3.05) is 0 Å². The van der Waals surface area contributed by atoms with E-state index in [1.807, 2.05) is 12.1 Å². The summed E-state index contributed by atoms with van der Waals surface area (Å²) >= 11 is 0. The fraction of sp³-hybridized carbons (Fsp3) is 0.593. The number of unbranched alkanes of at least 4 members (excludes halogenated alkanes) is 4. The lowest BCUT2D eigenvalue weighted by Crippen LogP contribution is -2.22. The molecule has 0 aliphatic carbocycles. The minimum absolute atomic E-state index is 0.0179. The van der Waals surface area contributed by atoms with Crippen LogP contribution in [-0.4, -0.2) is 16.2 Å². The summed E-state index contributed by atoms with van der Waals surface area (Å²) in [5.41, 5.74) is 2.24. The normalized spacial score (nSPS) is 12.5. The number of hydrogen-bond donors (Lipinski definition) is 2. The van der Waals surface area contributed by atoms with Crippen molar-refractivity contribution in [1.29, 1.82) is 0 Å². The molecule has 2 aromatic carbocycles. The molecule has 0 bridgehead atoms. The Hall–Kier alpha value is -2.03. The molecule has 2 aromatic rings. The number of carboxylic acid groups (broad SMARTS) is 1. The van der Waals surface area contributed by atoms with E-state index in [-0.39, 0.29) is 22.1 Å². The van der Waals surface area contributed by atoms with Crippen LogP contribution in [0.25, 0.3) is 10.8 Å². The van der Waals surface area contributed by atoms with Crippen LogP contribution in [0, 0.1) is 0 Å². The third-order valence-electron chi connectivity index (χ3n) is 6.65. The standard InChI is InChI=1S/C27H40O3/c1-7-9-11-15-26(3,4)19-17-21-20(13-14-23(28)24(21)25(29)30)22(18-19)27(5,6)16-12-10-8-2/h13-14,17-18,28H,7-12,15-16H2,1-6H3,(H,29,30). The van der Waals surface area contributed by atoms with E-state index in [9.17, 15) is 15.0 Å². The monoisotopic (exact) mass is 412 g/mol. The zero-order chi connectivity index (χ0) is 22.5. The third kappa shape index (κ3) is 5.36. The summed E-state index contributed by atoms with van der Waals surface area (Å²) in [6.07, 6.45) is 9.18. The molecule has 166 valence electrons. The van der Waals surface area contributed by atoms with Gasteiger partial charge in [-0.3, -0.25) is 0 Å². The fourth-order valence-corrected chi connectivity index (χ4v) is 4.51. The topological polar surface area (TPSA) is 57.5 Å². The van der Waals surface area contributed by atoms with Gasteiger partial charge < -0.3 is 10.2 Å². The van der Waals surface area contributed by atoms with E-state index in [0.717, 1.165) is 36.6 Å². The molecule has 0 saturated carbocycles. The molecule has 0 spiro atoms. The Kier molecular flexibility index (Phi) is 7.96. The zero-order valence-electron chi connectivity index (χ0n) is 19.8. The molecule has 0 radical (unpaired) electrons. The SMILES string of the molecule is CCCCCC(C)(C)c1cc(C(C)(C)CCCCC)c2ccc(O)c(C(=O)O)c2c1. The summed E-state index contributed by atoms with van der Waals surface area (Å²) in [4.78, 5) is 12.0. The maximum atomic E-state index is 12.0. The predicted octanol–water partition coefficient (Wildman–Crippen LogP) is 7.96. The molecule has 0 aliphatic rings. The van der Waals surface area contributed by atoms with Crippen LogP contribution in [0.15, 0.2) is 24.3 Å². The molecule has 0 fully saturated rings. The Morgan fingerprint density at radius 3 is 1.93 bits per heavy atom. The minimum atomic E-state index is -1.08. The molecule has 0 aromatic heterocycles. The van der Waals surface area contributed by atoms with Crippen LogP contribution in [0.4, 0.5) is 0 Å². The summed E-state index contributed by atoms with van der Waals surface area (Å²) in [7, 11) is 0. The van der Waals surface area contributed by atoms with Crippen molar-refractivity contribution in [2.45, 2.75) is 104 Å². The summed E-state index contributed by atoms with van der Waals surface area (Å²) < 4.78 is 0. The number of rotatable bonds is 11. The molecule has 3 nitrogen and oxygen atoms in total. The second-order valence-electron chi connectivity index (χ2n) is 10.1. The van der Waals surface area contributed by atoms with Gasteiger partial charge in [0, 0.05) is 5.39 Å². The lowest BCUT2D eigenvalue weighted by atomic mass is 9.72. The molecular formula is C27H40O3. The number of carboxylic acids is 1. The lowest BCUT2D eigenvalue weighted by molar-refractivity contribution is 0.0696. The number of aromatic carboxylic acids is 1. The number of carbonyl (C=O) groups is 1. The van der Waals surface area contributed by atoms with Gasteiger partial charge in [-0.15, -0.1) is 0 Å². The molecule has 30 heavy (non-hydrogen) atoms. The number of phenols is 1. The largest absolute Gasteiger partial charge is 0.507 e. The quantitative estimate of drug-likeness (QED) is 0.368. The van der Waals surface area contributed by atoms with Crippen molar-refractivity contribution < 1.29 is 15.0 Å². The van der Waals surface area contributed by atoms with E-state index in [1.54, 1.807) is 0 Å². The van der Waals surface area contributed by atoms with Crippen LogP contribution in [0.3, 0.4) is 0 Å². The van der Waals surface area contributed by atoms with Gasteiger partial charge in [-0.25, -0.2) is 4.79 Å². The van der Waals surface area contributed by atoms with Gasteiger partial charge in [0.1, 0.15) is 11.3 Å². The number of benzene rings is 2. The number of fused-ring (bicyclic) bond motifs is 1. The zero-order valence-corrected chi connectivity index (χ0v) is 19.8. The van der Waals surface area contributed by atoms with Crippen molar-refractivity contribution in [2.24, 2.45) is 0 Å². The smallest absolute Gasteiger partial charge is 0.340 e.